The Kier molecular flexibility index (Phi) is 4.26. The highest BCUT2D eigenvalue weighted by Gasteiger charge is 2.09. The van der Waals surface area contributed by atoms with E-state index in [2.05, 4.69) is 0 Å². The largest absolute Gasteiger partial charge is 0.328 e. The van der Waals surface area contributed by atoms with Gasteiger partial charge >= 0.3 is 6.03 Å². The zero-order valence-electron chi connectivity index (χ0n) is 7.29. The summed E-state index contributed by atoms with van der Waals surface area (Å²) >= 11 is 0. The minimum atomic E-state index is -0.0454. The lowest BCUT2D eigenvalue weighted by Gasteiger charge is -2.21. The van der Waals surface area contributed by atoms with Crippen molar-refractivity contribution in [2.24, 2.45) is 0 Å². The predicted octanol–water partition coefficient (Wildman–Crippen LogP) is 0.639. The Hall–Kier alpha value is -1.06. The second-order valence-electron chi connectivity index (χ2n) is 2.38. The van der Waals surface area contributed by atoms with E-state index in [9.17, 15) is 4.79 Å². The molecule has 64 valence electrons. The quantitative estimate of drug-likeness (QED) is 0.600. The fraction of sp³-hybridized carbons (Fsp3) is 0.714. The predicted molar refractivity (Wildman–Crippen MR) is 45.1 cm³/mol. The Morgan fingerprint density at radius 1 is 1.45 bits per heavy atom. The summed E-state index contributed by atoms with van der Waals surface area (Å²) in [6.07, 6.45) is 1.21. The zero-order valence-corrected chi connectivity index (χ0v) is 7.29. The highest BCUT2D eigenvalue weighted by Crippen LogP contribution is 1.90. The molecule has 0 bridgehead atoms. The number of carbonyl (C=O) groups is 1. The lowest BCUT2D eigenvalue weighted by Crippen LogP contribution is -2.39. The van der Waals surface area contributed by atoms with Crippen molar-refractivity contribution in [3.63, 3.8) is 0 Å². The molecule has 0 rings (SSSR count). The maximum absolute atomic E-state index is 11.2. The van der Waals surface area contributed by atoms with Crippen molar-refractivity contribution in [2.45, 2.75) is 6.92 Å². The first kappa shape index (κ1) is 9.94. The van der Waals surface area contributed by atoms with Gasteiger partial charge in [0, 0.05) is 26.9 Å². The van der Waals surface area contributed by atoms with E-state index in [-0.39, 0.29) is 6.03 Å². The van der Waals surface area contributed by atoms with Crippen molar-refractivity contribution in [2.75, 3.05) is 27.2 Å². The topological polar surface area (TPSA) is 47.4 Å². The highest BCUT2D eigenvalue weighted by atomic mass is 16.2. The summed E-state index contributed by atoms with van der Waals surface area (Å²) in [6.45, 7) is 2.99. The van der Waals surface area contributed by atoms with Crippen molar-refractivity contribution in [3.8, 4) is 0 Å². The number of carbonyl (C=O) groups excluding carboxylic acids is 1. The van der Waals surface area contributed by atoms with Crippen molar-refractivity contribution in [3.05, 3.63) is 0 Å². The van der Waals surface area contributed by atoms with Crippen LogP contribution in [0, 0.1) is 5.41 Å². The summed E-state index contributed by atoms with van der Waals surface area (Å²) in [5, 5.41) is 6.79. The molecular weight excluding hydrogens is 142 g/mol. The van der Waals surface area contributed by atoms with Crippen LogP contribution < -0.4 is 0 Å². The molecule has 0 aromatic carbocycles. The van der Waals surface area contributed by atoms with E-state index in [0.29, 0.717) is 13.1 Å². The van der Waals surface area contributed by atoms with Crippen LogP contribution in [0.25, 0.3) is 0 Å². The Morgan fingerprint density at radius 3 is 2.36 bits per heavy atom. The van der Waals surface area contributed by atoms with Crippen LogP contribution in [0.3, 0.4) is 0 Å². The third-order valence-electron chi connectivity index (χ3n) is 1.49. The summed E-state index contributed by atoms with van der Waals surface area (Å²) in [6, 6.07) is -0.0454. The third-order valence-corrected chi connectivity index (χ3v) is 1.49. The van der Waals surface area contributed by atoms with Gasteiger partial charge < -0.3 is 15.2 Å². The molecule has 0 aliphatic carbocycles. The van der Waals surface area contributed by atoms with Gasteiger partial charge in [0.2, 0.25) is 0 Å². The van der Waals surface area contributed by atoms with Crippen LogP contribution in [-0.4, -0.2) is 49.2 Å². The number of hydrogen-bond donors (Lipinski definition) is 1. The minimum absolute atomic E-state index is 0.0454. The van der Waals surface area contributed by atoms with Crippen LogP contribution in [-0.2, 0) is 0 Å². The van der Waals surface area contributed by atoms with Gasteiger partial charge in [0.05, 0.1) is 6.54 Å². The maximum Gasteiger partial charge on any atom is 0.319 e. The maximum atomic E-state index is 11.2. The van der Waals surface area contributed by atoms with Gasteiger partial charge in [-0.25, -0.2) is 4.79 Å². The molecule has 0 aliphatic heterocycles. The first-order valence-corrected chi connectivity index (χ1v) is 3.58. The van der Waals surface area contributed by atoms with E-state index in [1.54, 1.807) is 19.0 Å². The summed E-state index contributed by atoms with van der Waals surface area (Å²) in [7, 11) is 3.42. The molecule has 1 N–H and O–H groups in total. The fourth-order valence-electron chi connectivity index (χ4n) is 0.642. The minimum Gasteiger partial charge on any atom is -0.328 e. The van der Waals surface area contributed by atoms with E-state index < -0.39 is 0 Å². The monoisotopic (exact) mass is 157 g/mol. The Labute approximate surface area is 67.3 Å². The zero-order chi connectivity index (χ0) is 8.85. The van der Waals surface area contributed by atoms with E-state index in [1.165, 1.54) is 11.1 Å². The molecule has 0 atom stereocenters. The van der Waals surface area contributed by atoms with Crippen molar-refractivity contribution in [1.29, 1.82) is 5.41 Å². The number of urea groups is 1. The van der Waals surface area contributed by atoms with Gasteiger partial charge in [0.1, 0.15) is 0 Å². The van der Waals surface area contributed by atoms with E-state index in [0.717, 1.165) is 0 Å². The first-order chi connectivity index (χ1) is 5.13. The summed E-state index contributed by atoms with van der Waals surface area (Å²) in [5.41, 5.74) is 0. The molecule has 0 fully saturated rings. The van der Waals surface area contributed by atoms with Gasteiger partial charge in [-0.2, -0.15) is 0 Å². The van der Waals surface area contributed by atoms with E-state index in [1.807, 2.05) is 6.92 Å². The average Bonchev–Trinajstić information content (AvgIpc) is 2.02. The van der Waals surface area contributed by atoms with Gasteiger partial charge in [0.25, 0.3) is 0 Å². The smallest absolute Gasteiger partial charge is 0.319 e. The van der Waals surface area contributed by atoms with Crippen molar-refractivity contribution < 1.29 is 4.79 Å². The molecule has 0 spiro atoms. The number of nitrogens with zero attached hydrogens (tertiary/aromatic N) is 2. The molecule has 0 heterocycles. The van der Waals surface area contributed by atoms with Gasteiger partial charge in [0.15, 0.2) is 0 Å². The first-order valence-electron chi connectivity index (χ1n) is 3.58. The molecule has 0 unspecified atom stereocenters. The fourth-order valence-corrected chi connectivity index (χ4v) is 0.642. The number of hydrogen-bond acceptors (Lipinski definition) is 2. The lowest BCUT2D eigenvalue weighted by molar-refractivity contribution is 0.181. The number of rotatable bonds is 3. The van der Waals surface area contributed by atoms with Crippen LogP contribution >= 0.6 is 0 Å². The lowest BCUT2D eigenvalue weighted by atomic mass is 10.5. The molecule has 0 radical (unpaired) electrons. The van der Waals surface area contributed by atoms with Crippen LogP contribution in [0.1, 0.15) is 6.92 Å². The molecule has 11 heavy (non-hydrogen) atoms. The van der Waals surface area contributed by atoms with Gasteiger partial charge in [-0.3, -0.25) is 0 Å². The van der Waals surface area contributed by atoms with Crippen LogP contribution in [0.2, 0.25) is 0 Å². The standard InChI is InChI=1S/C7H15N3O/c1-4-9(2)7(11)10(3)6-5-8/h5,8H,4,6H2,1-3H3. The molecule has 4 heteroatoms. The van der Waals surface area contributed by atoms with Crippen molar-refractivity contribution >= 4 is 12.2 Å². The Morgan fingerprint density at radius 2 is 2.00 bits per heavy atom. The molecule has 0 aromatic rings. The molecular formula is C7H15N3O. The highest BCUT2D eigenvalue weighted by molar-refractivity contribution is 5.76. The summed E-state index contributed by atoms with van der Waals surface area (Å²) < 4.78 is 0. The van der Waals surface area contributed by atoms with Crippen LogP contribution in [0.4, 0.5) is 4.79 Å². The molecule has 0 saturated carbocycles. The Bertz CT molecular complexity index is 147. The summed E-state index contributed by atoms with van der Waals surface area (Å²) in [5.74, 6) is 0. The Balaban J connectivity index is 3.90. The second-order valence-corrected chi connectivity index (χ2v) is 2.38. The van der Waals surface area contributed by atoms with Gasteiger partial charge in [-0.05, 0) is 6.92 Å². The van der Waals surface area contributed by atoms with Crippen molar-refractivity contribution in [1.82, 2.24) is 9.80 Å². The second kappa shape index (κ2) is 4.71. The number of amides is 2. The van der Waals surface area contributed by atoms with Crippen LogP contribution in [0.5, 0.6) is 0 Å². The average molecular weight is 157 g/mol. The van der Waals surface area contributed by atoms with Gasteiger partial charge in [-0.15, -0.1) is 0 Å². The molecule has 4 nitrogen and oxygen atoms in total. The third kappa shape index (κ3) is 3.02. The normalized spacial score (nSPS) is 9.00. The molecule has 2 amide bonds. The van der Waals surface area contributed by atoms with Crippen LogP contribution in [0.15, 0.2) is 0 Å². The van der Waals surface area contributed by atoms with E-state index >= 15 is 0 Å². The van der Waals surface area contributed by atoms with Gasteiger partial charge in [-0.1, -0.05) is 0 Å². The van der Waals surface area contributed by atoms with E-state index in [4.69, 9.17) is 5.41 Å². The summed E-state index contributed by atoms with van der Waals surface area (Å²) in [4.78, 5) is 14.3. The molecule has 0 aliphatic rings. The number of nitrogens with one attached hydrogen (secondary N) is 1. The molecule has 0 saturated heterocycles. The molecule has 0 aromatic heterocycles. The SMILES string of the molecule is CCN(C)C(=O)N(C)CC=N.